The predicted octanol–water partition coefficient (Wildman–Crippen LogP) is 7.51. The molecule has 1 heterocycles. The minimum Gasteiger partial charge on any atom is -0.492 e. The van der Waals surface area contributed by atoms with Crippen molar-refractivity contribution in [2.75, 3.05) is 6.61 Å². The molecule has 0 saturated heterocycles. The van der Waals surface area contributed by atoms with Crippen molar-refractivity contribution in [3.8, 4) is 22.9 Å². The van der Waals surface area contributed by atoms with E-state index in [2.05, 4.69) is 29.9 Å². The van der Waals surface area contributed by atoms with E-state index in [9.17, 15) is 5.26 Å². The summed E-state index contributed by atoms with van der Waals surface area (Å²) in [6.07, 6.45) is 19.1. The maximum atomic E-state index is 9.49. The van der Waals surface area contributed by atoms with Gasteiger partial charge < -0.3 is 4.74 Å². The molecular weight excluding hydrogens is 394 g/mol. The second kappa shape index (κ2) is 13.2. The van der Waals surface area contributed by atoms with E-state index in [0.717, 1.165) is 48.0 Å². The van der Waals surface area contributed by atoms with Crippen molar-refractivity contribution < 1.29 is 4.74 Å². The fourth-order valence-corrected chi connectivity index (χ4v) is 4.71. The van der Waals surface area contributed by atoms with Gasteiger partial charge in [0, 0.05) is 24.4 Å². The van der Waals surface area contributed by atoms with E-state index in [1.807, 2.05) is 30.6 Å². The minimum absolute atomic E-state index is 0.563. The molecule has 0 N–H and O–H groups in total. The molecule has 1 aromatic carbocycles. The largest absolute Gasteiger partial charge is 0.492 e. The van der Waals surface area contributed by atoms with E-state index in [-0.39, 0.29) is 0 Å². The standard InChI is InChI=1S/C28H39N3O/c1-3-5-7-8-22-9-11-23(12-10-22)13-16-28-30-20-26(21-31-28)24-14-15-27(25(18-24)19-29)32-17-6-4-2/h14-15,18,20-23H,3-13,16-17H2,1-2H3/t22-,23-. The molecule has 2 aromatic rings. The van der Waals surface area contributed by atoms with E-state index in [1.165, 1.54) is 57.8 Å². The summed E-state index contributed by atoms with van der Waals surface area (Å²) in [5.41, 5.74) is 2.46. The zero-order valence-electron chi connectivity index (χ0n) is 20.0. The Balaban J connectivity index is 1.48. The van der Waals surface area contributed by atoms with Crippen LogP contribution in [0, 0.1) is 23.2 Å². The van der Waals surface area contributed by atoms with Crippen molar-refractivity contribution in [1.82, 2.24) is 9.97 Å². The minimum atomic E-state index is 0.563. The van der Waals surface area contributed by atoms with Gasteiger partial charge >= 0.3 is 0 Å². The van der Waals surface area contributed by atoms with Gasteiger partial charge in [-0.05, 0) is 42.4 Å². The Morgan fingerprint density at radius 1 is 0.906 bits per heavy atom. The Kier molecular flexibility index (Phi) is 10.0. The number of unbranched alkanes of at least 4 members (excludes halogenated alkanes) is 3. The lowest BCUT2D eigenvalue weighted by atomic mass is 9.78. The monoisotopic (exact) mass is 433 g/mol. The number of hydrogen-bond acceptors (Lipinski definition) is 4. The van der Waals surface area contributed by atoms with Gasteiger partial charge in [-0.25, -0.2) is 9.97 Å². The van der Waals surface area contributed by atoms with Gasteiger partial charge in [-0.2, -0.15) is 5.26 Å². The molecule has 1 aromatic heterocycles. The summed E-state index contributed by atoms with van der Waals surface area (Å²) >= 11 is 0. The first kappa shape index (κ1) is 24.2. The highest BCUT2D eigenvalue weighted by molar-refractivity contribution is 5.65. The SMILES string of the molecule is CCCCC[C@H]1CC[C@H](CCc2ncc(-c3ccc(OCCCC)c(C#N)c3)cn2)CC1. The first-order chi connectivity index (χ1) is 15.7. The molecule has 4 heteroatoms. The fourth-order valence-electron chi connectivity index (χ4n) is 4.71. The number of hydrogen-bond donors (Lipinski definition) is 0. The molecule has 0 radical (unpaired) electrons. The van der Waals surface area contributed by atoms with Gasteiger partial charge in [0.05, 0.1) is 12.2 Å². The van der Waals surface area contributed by atoms with Crippen molar-refractivity contribution in [2.45, 2.75) is 90.9 Å². The van der Waals surface area contributed by atoms with Gasteiger partial charge in [-0.1, -0.05) is 77.7 Å². The summed E-state index contributed by atoms with van der Waals surface area (Å²) in [4.78, 5) is 9.24. The summed E-state index contributed by atoms with van der Waals surface area (Å²) < 4.78 is 5.75. The third kappa shape index (κ3) is 7.33. The Hall–Kier alpha value is -2.41. The molecule has 1 saturated carbocycles. The van der Waals surface area contributed by atoms with Crippen LogP contribution in [0.4, 0.5) is 0 Å². The summed E-state index contributed by atoms with van der Waals surface area (Å²) in [6.45, 7) is 5.05. The van der Waals surface area contributed by atoms with Crippen LogP contribution in [0.2, 0.25) is 0 Å². The lowest BCUT2D eigenvalue weighted by Crippen LogP contribution is -2.15. The average molecular weight is 434 g/mol. The zero-order valence-corrected chi connectivity index (χ0v) is 20.0. The van der Waals surface area contributed by atoms with Gasteiger partial charge in [-0.15, -0.1) is 0 Å². The molecule has 0 atom stereocenters. The van der Waals surface area contributed by atoms with Gasteiger partial charge in [0.2, 0.25) is 0 Å². The van der Waals surface area contributed by atoms with Crippen LogP contribution in [0.3, 0.4) is 0 Å². The van der Waals surface area contributed by atoms with Crippen molar-refractivity contribution in [1.29, 1.82) is 5.26 Å². The van der Waals surface area contributed by atoms with E-state index in [0.29, 0.717) is 17.9 Å². The van der Waals surface area contributed by atoms with Gasteiger partial charge in [0.15, 0.2) is 0 Å². The Morgan fingerprint density at radius 2 is 1.59 bits per heavy atom. The second-order valence-electron chi connectivity index (χ2n) is 9.33. The fraction of sp³-hybridized carbons (Fsp3) is 0.607. The quantitative estimate of drug-likeness (QED) is 0.325. The average Bonchev–Trinajstić information content (AvgIpc) is 2.84. The number of rotatable bonds is 12. The highest BCUT2D eigenvalue weighted by atomic mass is 16.5. The topological polar surface area (TPSA) is 58.8 Å². The lowest BCUT2D eigenvalue weighted by Gasteiger charge is -2.28. The van der Waals surface area contributed by atoms with Crippen molar-refractivity contribution in [2.24, 2.45) is 11.8 Å². The molecule has 4 nitrogen and oxygen atoms in total. The van der Waals surface area contributed by atoms with E-state index < -0.39 is 0 Å². The molecule has 172 valence electrons. The molecule has 3 rings (SSSR count). The van der Waals surface area contributed by atoms with Crippen LogP contribution >= 0.6 is 0 Å². The van der Waals surface area contributed by atoms with Crippen molar-refractivity contribution in [3.05, 3.63) is 42.0 Å². The van der Waals surface area contributed by atoms with Crippen LogP contribution in [0.1, 0.15) is 95.9 Å². The van der Waals surface area contributed by atoms with Crippen molar-refractivity contribution in [3.63, 3.8) is 0 Å². The number of ether oxygens (including phenoxy) is 1. The molecule has 0 amide bonds. The maximum Gasteiger partial charge on any atom is 0.137 e. The molecule has 1 fully saturated rings. The summed E-state index contributed by atoms with van der Waals surface area (Å²) in [6, 6.07) is 8.00. The molecule has 0 aliphatic heterocycles. The normalized spacial score (nSPS) is 18.3. The number of aromatic nitrogens is 2. The molecule has 0 spiro atoms. The van der Waals surface area contributed by atoms with Crippen molar-refractivity contribution >= 4 is 0 Å². The third-order valence-electron chi connectivity index (χ3n) is 6.85. The number of benzene rings is 1. The Bertz CT molecular complexity index is 848. The second-order valence-corrected chi connectivity index (χ2v) is 9.33. The van der Waals surface area contributed by atoms with Crippen LogP contribution in [0.25, 0.3) is 11.1 Å². The van der Waals surface area contributed by atoms with Gasteiger partial charge in [0.25, 0.3) is 0 Å². The third-order valence-corrected chi connectivity index (χ3v) is 6.85. The maximum absolute atomic E-state index is 9.49. The van der Waals surface area contributed by atoms with Gasteiger partial charge in [0.1, 0.15) is 17.6 Å². The Labute approximate surface area is 194 Å². The zero-order chi connectivity index (χ0) is 22.6. The number of aryl methyl sites for hydroxylation is 1. The van der Waals surface area contributed by atoms with Crippen LogP contribution < -0.4 is 4.74 Å². The molecule has 0 unspecified atom stereocenters. The van der Waals surface area contributed by atoms with Crippen LogP contribution in [0.15, 0.2) is 30.6 Å². The summed E-state index contributed by atoms with van der Waals surface area (Å²) in [7, 11) is 0. The number of nitrogens with zero attached hydrogens (tertiary/aromatic N) is 3. The lowest BCUT2D eigenvalue weighted by molar-refractivity contribution is 0.248. The molecule has 1 aliphatic carbocycles. The molecule has 0 bridgehead atoms. The molecular formula is C28H39N3O. The summed E-state index contributed by atoms with van der Waals surface area (Å²) in [5.74, 6) is 3.38. The first-order valence-electron chi connectivity index (χ1n) is 12.7. The van der Waals surface area contributed by atoms with E-state index in [4.69, 9.17) is 4.74 Å². The molecule has 1 aliphatic rings. The Morgan fingerprint density at radius 3 is 2.25 bits per heavy atom. The first-order valence-corrected chi connectivity index (χ1v) is 12.7. The highest BCUT2D eigenvalue weighted by Gasteiger charge is 2.21. The van der Waals surface area contributed by atoms with Crippen LogP contribution in [-0.2, 0) is 6.42 Å². The van der Waals surface area contributed by atoms with E-state index in [1.54, 1.807) is 0 Å². The molecule has 32 heavy (non-hydrogen) atoms. The smallest absolute Gasteiger partial charge is 0.137 e. The highest BCUT2D eigenvalue weighted by Crippen LogP contribution is 2.34. The number of nitriles is 1. The van der Waals surface area contributed by atoms with Crippen LogP contribution in [0.5, 0.6) is 5.75 Å². The van der Waals surface area contributed by atoms with Crippen LogP contribution in [-0.4, -0.2) is 16.6 Å². The van der Waals surface area contributed by atoms with E-state index >= 15 is 0 Å². The summed E-state index contributed by atoms with van der Waals surface area (Å²) in [5, 5.41) is 9.49. The predicted molar refractivity (Wildman–Crippen MR) is 130 cm³/mol. The van der Waals surface area contributed by atoms with Gasteiger partial charge in [-0.3, -0.25) is 0 Å².